The van der Waals surface area contributed by atoms with E-state index in [1.54, 1.807) is 0 Å². The normalized spacial score (nSPS) is 22.3. The molecule has 0 radical (unpaired) electrons. The van der Waals surface area contributed by atoms with Crippen LogP contribution in [0.5, 0.6) is 0 Å². The molecule has 4 heteroatoms. The second-order valence-corrected chi connectivity index (χ2v) is 5.42. The maximum Gasteiger partial charge on any atom is 0.191 e. The molecule has 1 atom stereocenters. The van der Waals surface area contributed by atoms with Crippen LogP contribution in [0, 0.1) is 5.92 Å². The van der Waals surface area contributed by atoms with Crippen LogP contribution in [-0.2, 0) is 0 Å². The molecule has 0 amide bonds. The molecule has 0 spiro atoms. The van der Waals surface area contributed by atoms with Gasteiger partial charge in [0.2, 0.25) is 0 Å². The van der Waals surface area contributed by atoms with E-state index in [1.807, 2.05) is 0 Å². The molecule has 2 N–H and O–H groups in total. The van der Waals surface area contributed by atoms with Crippen LogP contribution in [-0.4, -0.2) is 49.6 Å². The van der Waals surface area contributed by atoms with Gasteiger partial charge in [-0.25, -0.2) is 0 Å². The van der Waals surface area contributed by atoms with Crippen molar-refractivity contribution in [2.45, 2.75) is 46.6 Å². The lowest BCUT2D eigenvalue weighted by molar-refractivity contribution is 0.186. The molecule has 0 aromatic heterocycles. The summed E-state index contributed by atoms with van der Waals surface area (Å²) >= 11 is 0. The summed E-state index contributed by atoms with van der Waals surface area (Å²) in [7, 11) is 0. The van der Waals surface area contributed by atoms with Crippen molar-refractivity contribution in [1.82, 2.24) is 15.5 Å². The minimum absolute atomic E-state index is 0.432. The highest BCUT2D eigenvalue weighted by Crippen LogP contribution is 2.16. The van der Waals surface area contributed by atoms with Crippen molar-refractivity contribution < 1.29 is 0 Å². The molecule has 4 nitrogen and oxygen atoms in total. The average Bonchev–Trinajstić information content (AvgIpc) is 2.36. The summed E-state index contributed by atoms with van der Waals surface area (Å²) in [6, 6.07) is 0.432. The van der Waals surface area contributed by atoms with E-state index in [0.29, 0.717) is 6.04 Å². The first-order chi connectivity index (χ1) is 8.65. The number of likely N-dealkylation sites (tertiary alicyclic amines) is 1. The summed E-state index contributed by atoms with van der Waals surface area (Å²) in [4.78, 5) is 7.25. The molecular weight excluding hydrogens is 224 g/mol. The highest BCUT2D eigenvalue weighted by molar-refractivity contribution is 5.79. The third-order valence-electron chi connectivity index (χ3n) is 3.33. The number of guanidine groups is 1. The van der Waals surface area contributed by atoms with Gasteiger partial charge in [0.1, 0.15) is 0 Å². The van der Waals surface area contributed by atoms with Crippen LogP contribution in [0.15, 0.2) is 4.99 Å². The summed E-state index contributed by atoms with van der Waals surface area (Å²) < 4.78 is 0. The van der Waals surface area contributed by atoms with Crippen LogP contribution in [0.2, 0.25) is 0 Å². The van der Waals surface area contributed by atoms with Gasteiger partial charge in [-0.1, -0.05) is 6.92 Å². The van der Waals surface area contributed by atoms with E-state index in [9.17, 15) is 0 Å². The van der Waals surface area contributed by atoms with Crippen LogP contribution < -0.4 is 10.6 Å². The van der Waals surface area contributed by atoms with Crippen molar-refractivity contribution in [2.24, 2.45) is 10.9 Å². The molecule has 0 aromatic carbocycles. The van der Waals surface area contributed by atoms with E-state index in [1.165, 1.54) is 32.5 Å². The third kappa shape index (κ3) is 5.71. The summed E-state index contributed by atoms with van der Waals surface area (Å²) in [5.74, 6) is 1.68. The molecule has 1 unspecified atom stereocenters. The Morgan fingerprint density at radius 1 is 1.39 bits per heavy atom. The van der Waals surface area contributed by atoms with Crippen LogP contribution in [0.1, 0.15) is 40.5 Å². The van der Waals surface area contributed by atoms with Gasteiger partial charge in [0, 0.05) is 25.7 Å². The topological polar surface area (TPSA) is 39.7 Å². The summed E-state index contributed by atoms with van der Waals surface area (Å²) in [6.45, 7) is 14.2. The Balaban J connectivity index is 2.42. The van der Waals surface area contributed by atoms with E-state index in [4.69, 9.17) is 4.99 Å². The Hall–Kier alpha value is -0.770. The Bertz CT molecular complexity index is 250. The van der Waals surface area contributed by atoms with Gasteiger partial charge in [0.05, 0.1) is 0 Å². The third-order valence-corrected chi connectivity index (χ3v) is 3.33. The number of piperidine rings is 1. The van der Waals surface area contributed by atoms with Crippen molar-refractivity contribution in [1.29, 1.82) is 0 Å². The van der Waals surface area contributed by atoms with Gasteiger partial charge in [-0.2, -0.15) is 0 Å². The molecule has 1 fully saturated rings. The summed E-state index contributed by atoms with van der Waals surface area (Å²) in [5, 5.41) is 6.67. The lowest BCUT2D eigenvalue weighted by atomic mass is 9.98. The van der Waals surface area contributed by atoms with Gasteiger partial charge in [0.25, 0.3) is 0 Å². The molecule has 18 heavy (non-hydrogen) atoms. The highest BCUT2D eigenvalue weighted by atomic mass is 15.2. The number of hydrogen-bond acceptors (Lipinski definition) is 2. The number of nitrogens with zero attached hydrogens (tertiary/aromatic N) is 2. The molecule has 1 heterocycles. The molecule has 1 aliphatic heterocycles. The van der Waals surface area contributed by atoms with Crippen LogP contribution in [0.25, 0.3) is 0 Å². The quantitative estimate of drug-likeness (QED) is 0.579. The Kier molecular flexibility index (Phi) is 7.09. The first kappa shape index (κ1) is 15.3. The van der Waals surface area contributed by atoms with E-state index >= 15 is 0 Å². The highest BCUT2D eigenvalue weighted by Gasteiger charge is 2.18. The van der Waals surface area contributed by atoms with Crippen molar-refractivity contribution in [2.75, 3.05) is 32.7 Å². The van der Waals surface area contributed by atoms with Crippen LogP contribution in [0.3, 0.4) is 0 Å². The molecular formula is C14H30N4. The molecule has 1 aliphatic rings. The molecule has 1 saturated heterocycles. The number of aliphatic imine (C=N–C) groups is 1. The lowest BCUT2D eigenvalue weighted by Crippen LogP contribution is -2.42. The second kappa shape index (κ2) is 8.35. The van der Waals surface area contributed by atoms with Crippen LogP contribution >= 0.6 is 0 Å². The van der Waals surface area contributed by atoms with Gasteiger partial charge in [-0.3, -0.25) is 4.99 Å². The van der Waals surface area contributed by atoms with Gasteiger partial charge in [0.15, 0.2) is 5.96 Å². The average molecular weight is 254 g/mol. The molecule has 0 saturated carbocycles. The van der Waals surface area contributed by atoms with Gasteiger partial charge >= 0.3 is 0 Å². The Labute approximate surface area is 112 Å². The maximum absolute atomic E-state index is 4.71. The Morgan fingerprint density at radius 2 is 2.17 bits per heavy atom. The summed E-state index contributed by atoms with van der Waals surface area (Å²) in [5.41, 5.74) is 0. The molecule has 0 aliphatic carbocycles. The van der Waals surface area contributed by atoms with E-state index < -0.39 is 0 Å². The minimum atomic E-state index is 0.432. The first-order valence-electron chi connectivity index (χ1n) is 7.42. The van der Waals surface area contributed by atoms with Crippen molar-refractivity contribution >= 4 is 5.96 Å². The van der Waals surface area contributed by atoms with Gasteiger partial charge in [-0.15, -0.1) is 0 Å². The van der Waals surface area contributed by atoms with Crippen molar-refractivity contribution in [3.63, 3.8) is 0 Å². The number of hydrogen-bond donors (Lipinski definition) is 2. The molecule has 0 bridgehead atoms. The van der Waals surface area contributed by atoms with Crippen molar-refractivity contribution in [3.8, 4) is 0 Å². The summed E-state index contributed by atoms with van der Waals surface area (Å²) in [6.07, 6.45) is 2.64. The predicted molar refractivity (Wildman–Crippen MR) is 79.1 cm³/mol. The fraction of sp³-hybridized carbons (Fsp3) is 0.929. The zero-order valence-electron chi connectivity index (χ0n) is 12.5. The van der Waals surface area contributed by atoms with E-state index in [2.05, 4.69) is 43.2 Å². The standard InChI is InChI=1S/C14H30N4/c1-5-15-14(17-12(3)4)16-10-13-8-7-9-18(6-2)11-13/h12-13H,5-11H2,1-4H3,(H2,15,16,17). The van der Waals surface area contributed by atoms with Crippen LogP contribution in [0.4, 0.5) is 0 Å². The van der Waals surface area contributed by atoms with Gasteiger partial charge in [-0.05, 0) is 52.6 Å². The monoisotopic (exact) mass is 254 g/mol. The maximum atomic E-state index is 4.71. The molecule has 106 valence electrons. The van der Waals surface area contributed by atoms with Crippen molar-refractivity contribution in [3.05, 3.63) is 0 Å². The fourth-order valence-electron chi connectivity index (χ4n) is 2.40. The zero-order chi connectivity index (χ0) is 13.4. The second-order valence-electron chi connectivity index (χ2n) is 5.42. The largest absolute Gasteiger partial charge is 0.357 e. The fourth-order valence-corrected chi connectivity index (χ4v) is 2.40. The molecule has 1 rings (SSSR count). The zero-order valence-corrected chi connectivity index (χ0v) is 12.5. The number of rotatable bonds is 5. The SMILES string of the molecule is CCNC(=NCC1CCCN(CC)C1)NC(C)C. The van der Waals surface area contributed by atoms with Gasteiger partial charge < -0.3 is 15.5 Å². The lowest BCUT2D eigenvalue weighted by Gasteiger charge is -2.31. The first-order valence-corrected chi connectivity index (χ1v) is 7.42. The smallest absolute Gasteiger partial charge is 0.191 e. The molecule has 0 aromatic rings. The minimum Gasteiger partial charge on any atom is -0.357 e. The number of nitrogens with one attached hydrogen (secondary N) is 2. The van der Waals surface area contributed by atoms with E-state index in [-0.39, 0.29) is 0 Å². The predicted octanol–water partition coefficient (Wildman–Crippen LogP) is 1.68. The Morgan fingerprint density at radius 3 is 2.78 bits per heavy atom. The van der Waals surface area contributed by atoms with E-state index in [0.717, 1.165) is 25.0 Å².